The van der Waals surface area contributed by atoms with E-state index in [0.717, 1.165) is 0 Å². The second kappa shape index (κ2) is 8.18. The van der Waals surface area contributed by atoms with Crippen LogP contribution >= 0.6 is 0 Å². The molecule has 1 heterocycles. The quantitative estimate of drug-likeness (QED) is 0.789. The number of carbonyl (C=O) groups is 1. The van der Waals surface area contributed by atoms with Crippen LogP contribution in [0.15, 0.2) is 0 Å². The van der Waals surface area contributed by atoms with E-state index in [1.54, 1.807) is 0 Å². The van der Waals surface area contributed by atoms with E-state index in [9.17, 15) is 18.0 Å². The summed E-state index contributed by atoms with van der Waals surface area (Å²) in [6.07, 6.45) is -2.91. The number of alkyl halides is 3. The largest absolute Gasteiger partial charge is 0.401 e. The molecule has 0 unspecified atom stereocenters. The first-order valence-electron chi connectivity index (χ1n) is 6.09. The fourth-order valence-corrected chi connectivity index (χ4v) is 1.52. The van der Waals surface area contributed by atoms with Crippen LogP contribution in [-0.2, 0) is 0 Å². The first kappa shape index (κ1) is 17.0. The van der Waals surface area contributed by atoms with Gasteiger partial charge in [0.2, 0.25) is 0 Å². The molecule has 0 saturated carbocycles. The van der Waals surface area contributed by atoms with Gasteiger partial charge in [-0.25, -0.2) is 4.79 Å². The summed E-state index contributed by atoms with van der Waals surface area (Å²) in [6.45, 7) is 4.58. The minimum Gasteiger partial charge on any atom is -0.341 e. The highest BCUT2D eigenvalue weighted by Crippen LogP contribution is 2.17. The van der Waals surface area contributed by atoms with Crippen LogP contribution < -0.4 is 5.32 Å². The number of nitrogens with zero attached hydrogens (tertiary/aromatic N) is 2. The third kappa shape index (κ3) is 7.37. The van der Waals surface area contributed by atoms with Gasteiger partial charge in [-0.2, -0.15) is 13.2 Å². The highest BCUT2D eigenvalue weighted by molar-refractivity contribution is 5.73. The van der Waals surface area contributed by atoms with E-state index in [-0.39, 0.29) is 19.1 Å². The molecule has 0 radical (unpaired) electrons. The Morgan fingerprint density at radius 2 is 1.61 bits per heavy atom. The van der Waals surface area contributed by atoms with Gasteiger partial charge in [-0.15, -0.1) is 0 Å². The Morgan fingerprint density at radius 3 is 1.94 bits per heavy atom. The number of carbonyl (C=O) groups excluding carboxylic acids is 1. The van der Waals surface area contributed by atoms with Crippen LogP contribution in [0, 0.1) is 0 Å². The van der Waals surface area contributed by atoms with Crippen molar-refractivity contribution in [2.45, 2.75) is 26.4 Å². The molecule has 1 saturated heterocycles. The Balaban J connectivity index is 0.000000873. The number of hydrogen-bond acceptors (Lipinski definition) is 2. The molecule has 0 aromatic carbocycles. The number of halogens is 3. The van der Waals surface area contributed by atoms with Gasteiger partial charge in [-0.3, -0.25) is 4.90 Å². The Kier molecular flexibility index (Phi) is 7.73. The number of hydrogen-bond donors (Lipinski definition) is 1. The van der Waals surface area contributed by atoms with Crippen molar-refractivity contribution in [3.05, 3.63) is 0 Å². The molecule has 0 aliphatic carbocycles. The van der Waals surface area contributed by atoms with Gasteiger partial charge in [0.25, 0.3) is 0 Å². The van der Waals surface area contributed by atoms with Crippen LogP contribution in [0.1, 0.15) is 20.3 Å². The summed E-state index contributed by atoms with van der Waals surface area (Å²) >= 11 is 0. The molecule has 1 rings (SSSR count). The summed E-state index contributed by atoms with van der Waals surface area (Å²) in [5, 5.41) is 2.44. The van der Waals surface area contributed by atoms with E-state index in [1.807, 2.05) is 0 Å². The van der Waals surface area contributed by atoms with E-state index >= 15 is 0 Å². The SMILES string of the molecule is CCC.CNC(=O)N1CCN(CC(F)(F)F)CC1. The molecule has 1 aliphatic heterocycles. The van der Waals surface area contributed by atoms with E-state index < -0.39 is 12.7 Å². The van der Waals surface area contributed by atoms with Crippen LogP contribution in [-0.4, -0.2) is 61.8 Å². The minimum absolute atomic E-state index is 0.235. The molecule has 0 atom stereocenters. The molecule has 0 spiro atoms. The van der Waals surface area contributed by atoms with Crippen LogP contribution in [0.4, 0.5) is 18.0 Å². The molecule has 1 fully saturated rings. The van der Waals surface area contributed by atoms with Crippen LogP contribution in [0.3, 0.4) is 0 Å². The Bertz CT molecular complexity index is 238. The first-order chi connectivity index (χ1) is 8.34. The van der Waals surface area contributed by atoms with Gasteiger partial charge in [0.1, 0.15) is 0 Å². The third-order valence-corrected chi connectivity index (χ3v) is 2.28. The highest BCUT2D eigenvalue weighted by atomic mass is 19.4. The standard InChI is InChI=1S/C8H14F3N3O.C3H8/c1-12-7(15)14-4-2-13(3-5-14)6-8(9,10)11;1-3-2/h2-6H2,1H3,(H,12,15);3H2,1-2H3. The molecular formula is C11H22F3N3O. The van der Waals surface area contributed by atoms with Crippen LogP contribution in [0.2, 0.25) is 0 Å². The first-order valence-corrected chi connectivity index (χ1v) is 6.09. The Labute approximate surface area is 106 Å². The third-order valence-electron chi connectivity index (χ3n) is 2.28. The van der Waals surface area contributed by atoms with Crippen molar-refractivity contribution in [2.75, 3.05) is 39.8 Å². The average molecular weight is 269 g/mol. The molecule has 18 heavy (non-hydrogen) atoms. The summed E-state index contributed by atoms with van der Waals surface area (Å²) in [5.74, 6) is 0. The zero-order valence-electron chi connectivity index (χ0n) is 11.2. The van der Waals surface area contributed by atoms with Crippen molar-refractivity contribution in [3.8, 4) is 0 Å². The molecule has 1 aliphatic rings. The molecule has 0 aromatic rings. The lowest BCUT2D eigenvalue weighted by atomic mass is 10.3. The molecule has 0 aromatic heterocycles. The smallest absolute Gasteiger partial charge is 0.341 e. The molecule has 7 heteroatoms. The van der Waals surface area contributed by atoms with Gasteiger partial charge in [-0.05, 0) is 0 Å². The average Bonchev–Trinajstić information content (AvgIpc) is 2.28. The molecule has 1 N–H and O–H groups in total. The van der Waals surface area contributed by atoms with Crippen LogP contribution in [0.25, 0.3) is 0 Å². The maximum atomic E-state index is 12.0. The minimum atomic E-state index is -4.16. The number of amides is 2. The summed E-state index contributed by atoms with van der Waals surface area (Å²) < 4.78 is 36.1. The molecule has 2 amide bonds. The lowest BCUT2D eigenvalue weighted by molar-refractivity contribution is -0.148. The molecule has 4 nitrogen and oxygen atoms in total. The number of rotatable bonds is 1. The van der Waals surface area contributed by atoms with E-state index in [2.05, 4.69) is 19.2 Å². The zero-order valence-corrected chi connectivity index (χ0v) is 11.2. The monoisotopic (exact) mass is 269 g/mol. The van der Waals surface area contributed by atoms with E-state index in [1.165, 1.54) is 23.3 Å². The van der Waals surface area contributed by atoms with Gasteiger partial charge in [-0.1, -0.05) is 20.3 Å². The van der Waals surface area contributed by atoms with Crippen molar-refractivity contribution in [3.63, 3.8) is 0 Å². The van der Waals surface area contributed by atoms with Gasteiger partial charge in [0.15, 0.2) is 0 Å². The zero-order chi connectivity index (χ0) is 14.2. The number of piperazine rings is 1. The van der Waals surface area contributed by atoms with E-state index in [4.69, 9.17) is 0 Å². The van der Waals surface area contributed by atoms with Gasteiger partial charge < -0.3 is 10.2 Å². The summed E-state index contributed by atoms with van der Waals surface area (Å²) in [4.78, 5) is 13.9. The lowest BCUT2D eigenvalue weighted by Gasteiger charge is -2.34. The normalized spacial score (nSPS) is 16.9. The lowest BCUT2D eigenvalue weighted by Crippen LogP contribution is -2.52. The summed E-state index contributed by atoms with van der Waals surface area (Å²) in [5.41, 5.74) is 0. The van der Waals surface area contributed by atoms with Crippen molar-refractivity contribution >= 4 is 6.03 Å². The highest BCUT2D eigenvalue weighted by Gasteiger charge is 2.32. The van der Waals surface area contributed by atoms with Crippen molar-refractivity contribution in [1.29, 1.82) is 0 Å². The van der Waals surface area contributed by atoms with Crippen molar-refractivity contribution < 1.29 is 18.0 Å². The van der Waals surface area contributed by atoms with Gasteiger partial charge in [0, 0.05) is 33.2 Å². The van der Waals surface area contributed by atoms with Crippen LogP contribution in [0.5, 0.6) is 0 Å². The predicted molar refractivity (Wildman–Crippen MR) is 64.5 cm³/mol. The Morgan fingerprint density at radius 1 is 1.17 bits per heavy atom. The maximum Gasteiger partial charge on any atom is 0.401 e. The molecule has 0 bridgehead atoms. The number of urea groups is 1. The fraction of sp³-hybridized carbons (Fsp3) is 0.909. The summed E-state index contributed by atoms with van der Waals surface area (Å²) in [6, 6.07) is -0.235. The van der Waals surface area contributed by atoms with E-state index in [0.29, 0.717) is 13.1 Å². The topological polar surface area (TPSA) is 35.6 Å². The number of nitrogens with one attached hydrogen (secondary N) is 1. The molecule has 108 valence electrons. The fourth-order valence-electron chi connectivity index (χ4n) is 1.52. The van der Waals surface area contributed by atoms with Crippen molar-refractivity contribution in [2.24, 2.45) is 0 Å². The second-order valence-corrected chi connectivity index (χ2v) is 4.14. The Hall–Kier alpha value is -0.980. The maximum absolute atomic E-state index is 12.0. The predicted octanol–water partition coefficient (Wildman–Crippen LogP) is 1.92. The second-order valence-electron chi connectivity index (χ2n) is 4.14. The van der Waals surface area contributed by atoms with Crippen molar-refractivity contribution in [1.82, 2.24) is 15.1 Å². The van der Waals surface area contributed by atoms with Gasteiger partial charge in [0.05, 0.1) is 6.54 Å². The molecular weight excluding hydrogens is 247 g/mol. The summed E-state index contributed by atoms with van der Waals surface area (Å²) in [7, 11) is 1.50. The van der Waals surface area contributed by atoms with Gasteiger partial charge >= 0.3 is 12.2 Å².